The minimum Gasteiger partial charge on any atom is -0.459 e. The van der Waals surface area contributed by atoms with Crippen LogP contribution in [0.3, 0.4) is 0 Å². The lowest BCUT2D eigenvalue weighted by Crippen LogP contribution is -2.42. The number of nitrogens with one attached hydrogen (secondary N) is 2. The molecule has 6 heteroatoms. The van der Waals surface area contributed by atoms with E-state index in [4.69, 9.17) is 4.42 Å². The van der Waals surface area contributed by atoms with Crippen molar-refractivity contribution in [2.75, 3.05) is 0 Å². The molecule has 2 amide bonds. The second kappa shape index (κ2) is 7.49. The summed E-state index contributed by atoms with van der Waals surface area (Å²) in [6.45, 7) is 6.31. The number of hydrogen-bond acceptors (Lipinski definition) is 3. The monoisotopic (exact) mass is 382 g/mol. The van der Waals surface area contributed by atoms with Crippen LogP contribution in [0.15, 0.2) is 10.6 Å². The summed E-state index contributed by atoms with van der Waals surface area (Å²) in [7, 11) is 1.93. The maximum absolute atomic E-state index is 12.9. The summed E-state index contributed by atoms with van der Waals surface area (Å²) < 4.78 is 8.00. The van der Waals surface area contributed by atoms with Gasteiger partial charge in [-0.3, -0.25) is 4.68 Å². The zero-order valence-corrected chi connectivity index (χ0v) is 17.2. The molecule has 0 saturated carbocycles. The van der Waals surface area contributed by atoms with E-state index in [9.17, 15) is 4.79 Å². The van der Waals surface area contributed by atoms with Crippen LogP contribution in [0.5, 0.6) is 0 Å². The van der Waals surface area contributed by atoms with E-state index in [2.05, 4.69) is 48.7 Å². The van der Waals surface area contributed by atoms with Crippen molar-refractivity contribution in [2.45, 2.75) is 65.0 Å². The number of amides is 2. The number of hydrogen-bond donors (Lipinski definition) is 2. The summed E-state index contributed by atoms with van der Waals surface area (Å²) in [5.74, 6) is 1.09. The molecule has 2 aromatic rings. The zero-order valence-electron chi connectivity index (χ0n) is 17.2. The first-order valence-electron chi connectivity index (χ1n) is 10.3. The lowest BCUT2D eigenvalue weighted by Gasteiger charge is -2.26. The van der Waals surface area contributed by atoms with Gasteiger partial charge in [-0.1, -0.05) is 19.9 Å². The number of carbonyl (C=O) groups excluding carboxylic acids is 1. The van der Waals surface area contributed by atoms with Crippen molar-refractivity contribution in [3.05, 3.63) is 39.4 Å². The van der Waals surface area contributed by atoms with Gasteiger partial charge in [-0.2, -0.15) is 5.10 Å². The summed E-state index contributed by atoms with van der Waals surface area (Å²) in [4.78, 5) is 12.9. The van der Waals surface area contributed by atoms with Crippen LogP contribution in [-0.2, 0) is 13.5 Å². The van der Waals surface area contributed by atoms with Gasteiger partial charge < -0.3 is 15.1 Å². The fraction of sp³-hybridized carbons (Fsp3) is 0.545. The van der Waals surface area contributed by atoms with Crippen LogP contribution >= 0.6 is 0 Å². The van der Waals surface area contributed by atoms with Gasteiger partial charge in [0, 0.05) is 29.6 Å². The van der Waals surface area contributed by atoms with Crippen molar-refractivity contribution in [2.24, 2.45) is 13.0 Å². The van der Waals surface area contributed by atoms with E-state index in [1.54, 1.807) is 0 Å². The maximum Gasteiger partial charge on any atom is 0.315 e. The molecule has 0 fully saturated rings. The van der Waals surface area contributed by atoms with Gasteiger partial charge in [0.05, 0.1) is 17.8 Å². The molecule has 150 valence electrons. The Hall–Kier alpha value is -2.50. The zero-order chi connectivity index (χ0) is 19.8. The lowest BCUT2D eigenvalue weighted by atomic mass is 9.93. The Balaban J connectivity index is 1.54. The quantitative estimate of drug-likeness (QED) is 0.854. The Kier molecular flexibility index (Phi) is 5.04. The third-order valence-corrected chi connectivity index (χ3v) is 5.86. The SMILES string of the molecule is Cc1c(C(NC(=O)NC2CCCc3nn(C)cc32)C(C)C)oc2c1=CCCC=2. The minimum absolute atomic E-state index is 0.0119. The molecule has 0 radical (unpaired) electrons. The normalized spacial score (nSPS) is 19.2. The van der Waals surface area contributed by atoms with Crippen LogP contribution in [0.1, 0.15) is 74.2 Å². The van der Waals surface area contributed by atoms with Crippen molar-refractivity contribution < 1.29 is 9.21 Å². The van der Waals surface area contributed by atoms with E-state index < -0.39 is 0 Å². The highest BCUT2D eigenvalue weighted by Gasteiger charge is 2.28. The Labute approximate surface area is 165 Å². The first kappa shape index (κ1) is 18.8. The molecule has 2 heterocycles. The summed E-state index contributed by atoms with van der Waals surface area (Å²) >= 11 is 0. The fourth-order valence-electron chi connectivity index (χ4n) is 4.41. The highest BCUT2D eigenvalue weighted by atomic mass is 16.3. The molecule has 0 aliphatic heterocycles. The van der Waals surface area contributed by atoms with E-state index >= 15 is 0 Å². The fourth-order valence-corrected chi connectivity index (χ4v) is 4.41. The van der Waals surface area contributed by atoms with Crippen LogP contribution in [0.2, 0.25) is 0 Å². The first-order valence-corrected chi connectivity index (χ1v) is 10.3. The molecule has 2 N–H and O–H groups in total. The molecule has 0 bridgehead atoms. The Morgan fingerprint density at radius 1 is 1.32 bits per heavy atom. The standard InChI is InChI=1S/C22H30N4O2/c1-13(2)20(21-14(3)15-8-5-6-11-19(15)28-21)24-22(27)23-17-9-7-10-18-16(17)12-26(4)25-18/h8,11-13,17,20H,5-7,9-10H2,1-4H3,(H2,23,24,27). The highest BCUT2D eigenvalue weighted by Crippen LogP contribution is 2.29. The predicted molar refractivity (Wildman–Crippen MR) is 109 cm³/mol. The van der Waals surface area contributed by atoms with Gasteiger partial charge in [0.2, 0.25) is 0 Å². The number of carbonyl (C=O) groups is 1. The summed E-state index contributed by atoms with van der Waals surface area (Å²) in [6.07, 6.45) is 11.4. The first-order chi connectivity index (χ1) is 13.4. The van der Waals surface area contributed by atoms with Crippen molar-refractivity contribution in [1.29, 1.82) is 0 Å². The van der Waals surface area contributed by atoms with Gasteiger partial charge in [0.15, 0.2) is 0 Å². The Bertz CT molecular complexity index is 999. The van der Waals surface area contributed by atoms with Crippen molar-refractivity contribution in [3.8, 4) is 0 Å². The number of rotatable bonds is 4. The average Bonchev–Trinajstić information content (AvgIpc) is 3.20. The molecule has 0 aromatic carbocycles. The third kappa shape index (κ3) is 3.48. The van der Waals surface area contributed by atoms with Gasteiger partial charge in [0.25, 0.3) is 0 Å². The summed E-state index contributed by atoms with van der Waals surface area (Å²) in [5.41, 5.74) is 4.31. The van der Waals surface area contributed by atoms with Crippen LogP contribution in [-0.4, -0.2) is 15.8 Å². The van der Waals surface area contributed by atoms with Crippen molar-refractivity contribution >= 4 is 18.2 Å². The van der Waals surface area contributed by atoms with E-state index in [0.717, 1.165) is 60.1 Å². The Morgan fingerprint density at radius 3 is 2.86 bits per heavy atom. The largest absolute Gasteiger partial charge is 0.459 e. The van der Waals surface area contributed by atoms with Gasteiger partial charge in [0.1, 0.15) is 11.2 Å². The predicted octanol–water partition coefficient (Wildman–Crippen LogP) is 2.75. The van der Waals surface area contributed by atoms with Crippen LogP contribution in [0.4, 0.5) is 4.79 Å². The van der Waals surface area contributed by atoms with Crippen LogP contribution in [0.25, 0.3) is 12.2 Å². The van der Waals surface area contributed by atoms with Gasteiger partial charge in [-0.25, -0.2) is 4.79 Å². The maximum atomic E-state index is 12.9. The molecule has 2 unspecified atom stereocenters. The minimum atomic E-state index is -0.163. The lowest BCUT2D eigenvalue weighted by molar-refractivity contribution is 0.223. The molecule has 2 aromatic heterocycles. The van der Waals surface area contributed by atoms with Crippen LogP contribution < -0.4 is 21.3 Å². The third-order valence-electron chi connectivity index (χ3n) is 5.86. The molecule has 2 aliphatic rings. The number of fused-ring (bicyclic) bond motifs is 2. The molecule has 2 aliphatic carbocycles. The van der Waals surface area contributed by atoms with Crippen molar-refractivity contribution in [1.82, 2.24) is 20.4 Å². The second-order valence-corrected chi connectivity index (χ2v) is 8.34. The average molecular weight is 383 g/mol. The number of furan rings is 1. The molecule has 2 atom stereocenters. The number of aryl methyl sites for hydroxylation is 2. The van der Waals surface area contributed by atoms with E-state index in [-0.39, 0.29) is 24.0 Å². The number of aromatic nitrogens is 2. The molecular weight excluding hydrogens is 352 g/mol. The molecular formula is C22H30N4O2. The molecule has 6 nitrogen and oxygen atoms in total. The molecule has 0 saturated heterocycles. The topological polar surface area (TPSA) is 72.1 Å². The van der Waals surface area contributed by atoms with E-state index in [1.165, 1.54) is 5.22 Å². The highest BCUT2D eigenvalue weighted by molar-refractivity contribution is 5.75. The smallest absolute Gasteiger partial charge is 0.315 e. The molecule has 0 spiro atoms. The van der Waals surface area contributed by atoms with Gasteiger partial charge >= 0.3 is 6.03 Å². The summed E-state index contributed by atoms with van der Waals surface area (Å²) in [6, 6.07) is -0.302. The number of nitrogens with zero attached hydrogens (tertiary/aromatic N) is 2. The van der Waals surface area contributed by atoms with Crippen molar-refractivity contribution in [3.63, 3.8) is 0 Å². The van der Waals surface area contributed by atoms with Crippen LogP contribution in [0, 0.1) is 12.8 Å². The molecule has 28 heavy (non-hydrogen) atoms. The molecule has 4 rings (SSSR count). The van der Waals surface area contributed by atoms with Gasteiger partial charge in [-0.05, 0) is 51.0 Å². The Morgan fingerprint density at radius 2 is 2.11 bits per heavy atom. The van der Waals surface area contributed by atoms with E-state index in [0.29, 0.717) is 0 Å². The van der Waals surface area contributed by atoms with Gasteiger partial charge in [-0.15, -0.1) is 0 Å². The van der Waals surface area contributed by atoms with E-state index in [1.807, 2.05) is 17.9 Å². The second-order valence-electron chi connectivity index (χ2n) is 8.34. The number of urea groups is 1. The summed E-state index contributed by atoms with van der Waals surface area (Å²) in [5, 5.41) is 12.0.